The van der Waals surface area contributed by atoms with Crippen molar-refractivity contribution in [2.75, 3.05) is 46.3 Å². The van der Waals surface area contributed by atoms with Crippen LogP contribution in [-0.4, -0.2) is 57.1 Å². The fraction of sp³-hybridized carbons (Fsp3) is 0.500. The van der Waals surface area contributed by atoms with Gasteiger partial charge in [-0.1, -0.05) is 6.07 Å². The van der Waals surface area contributed by atoms with E-state index in [2.05, 4.69) is 0 Å². The zero-order valence-electron chi connectivity index (χ0n) is 11.8. The molecule has 0 atom stereocenters. The zero-order chi connectivity index (χ0) is 14.4. The van der Waals surface area contributed by atoms with Gasteiger partial charge in [0, 0.05) is 13.1 Å². The minimum absolute atomic E-state index is 0.117. The molecule has 0 bridgehead atoms. The average Bonchev–Trinajstić information content (AvgIpc) is 2.52. The monoisotopic (exact) mass is 297 g/mol. The summed E-state index contributed by atoms with van der Waals surface area (Å²) < 4.78 is 15.9. The smallest absolute Gasteiger partial charge is 0.233 e. The second-order valence-electron chi connectivity index (χ2n) is 4.27. The molecule has 0 unspecified atom stereocenters. The van der Waals surface area contributed by atoms with Gasteiger partial charge in [-0.05, 0) is 12.1 Å². The van der Waals surface area contributed by atoms with E-state index in [4.69, 9.17) is 14.2 Å². The molecule has 1 heterocycles. The summed E-state index contributed by atoms with van der Waals surface area (Å²) in [4.78, 5) is 14.8. The maximum absolute atomic E-state index is 12.1. The molecular weight excluding hydrogens is 278 g/mol. The number of ether oxygens (including phenoxy) is 3. The van der Waals surface area contributed by atoms with Crippen LogP contribution in [0.1, 0.15) is 0 Å². The summed E-state index contributed by atoms with van der Waals surface area (Å²) in [5.41, 5.74) is 0. The largest absolute Gasteiger partial charge is 0.495 e. The Kier molecular flexibility index (Phi) is 5.55. The second-order valence-corrected chi connectivity index (χ2v) is 5.26. The SMILES string of the molecule is COc1cccc(OC)c1SCC(=O)N1CCOCC1. The van der Waals surface area contributed by atoms with Gasteiger partial charge in [0.15, 0.2) is 0 Å². The van der Waals surface area contributed by atoms with Crippen LogP contribution in [-0.2, 0) is 9.53 Å². The molecule has 0 spiro atoms. The Morgan fingerprint density at radius 3 is 2.40 bits per heavy atom. The van der Waals surface area contributed by atoms with Crippen LogP contribution in [0.15, 0.2) is 23.1 Å². The molecule has 1 aliphatic heterocycles. The first-order valence-electron chi connectivity index (χ1n) is 6.45. The van der Waals surface area contributed by atoms with E-state index in [1.165, 1.54) is 11.8 Å². The van der Waals surface area contributed by atoms with Crippen molar-refractivity contribution in [1.82, 2.24) is 4.90 Å². The van der Waals surface area contributed by atoms with Gasteiger partial charge in [-0.15, -0.1) is 11.8 Å². The van der Waals surface area contributed by atoms with Crippen LogP contribution < -0.4 is 9.47 Å². The lowest BCUT2D eigenvalue weighted by molar-refractivity contribution is -0.132. The van der Waals surface area contributed by atoms with Gasteiger partial charge in [0.05, 0.1) is 38.1 Å². The van der Waals surface area contributed by atoms with Gasteiger partial charge in [0.2, 0.25) is 5.91 Å². The number of hydrogen-bond donors (Lipinski definition) is 0. The van der Waals surface area contributed by atoms with E-state index in [1.807, 2.05) is 23.1 Å². The Labute approximate surface area is 123 Å². The summed E-state index contributed by atoms with van der Waals surface area (Å²) in [6, 6.07) is 5.60. The fourth-order valence-electron chi connectivity index (χ4n) is 2.00. The number of hydrogen-bond acceptors (Lipinski definition) is 5. The highest BCUT2D eigenvalue weighted by Crippen LogP contribution is 2.37. The second kappa shape index (κ2) is 7.40. The lowest BCUT2D eigenvalue weighted by Crippen LogP contribution is -2.41. The standard InChI is InChI=1S/C14H19NO4S/c1-17-11-4-3-5-12(18-2)14(11)20-10-13(16)15-6-8-19-9-7-15/h3-5H,6-10H2,1-2H3. The third kappa shape index (κ3) is 3.58. The maximum Gasteiger partial charge on any atom is 0.233 e. The van der Waals surface area contributed by atoms with Crippen LogP contribution in [0, 0.1) is 0 Å². The van der Waals surface area contributed by atoms with Crippen molar-refractivity contribution in [3.05, 3.63) is 18.2 Å². The number of carbonyl (C=O) groups excluding carboxylic acids is 1. The Bertz CT molecular complexity index is 438. The first-order valence-corrected chi connectivity index (χ1v) is 7.44. The molecule has 6 heteroatoms. The fourth-order valence-corrected chi connectivity index (χ4v) is 3.04. The highest BCUT2D eigenvalue weighted by molar-refractivity contribution is 8.00. The number of thioether (sulfide) groups is 1. The highest BCUT2D eigenvalue weighted by Gasteiger charge is 2.19. The van der Waals surface area contributed by atoms with Crippen LogP contribution in [0.3, 0.4) is 0 Å². The first kappa shape index (κ1) is 15.0. The summed E-state index contributed by atoms with van der Waals surface area (Å²) in [6.45, 7) is 2.58. The molecule has 0 saturated carbocycles. The molecule has 0 radical (unpaired) electrons. The number of nitrogens with zero attached hydrogens (tertiary/aromatic N) is 1. The zero-order valence-corrected chi connectivity index (χ0v) is 12.6. The van der Waals surface area contributed by atoms with Crippen molar-refractivity contribution in [3.63, 3.8) is 0 Å². The molecule has 0 N–H and O–H groups in total. The predicted molar refractivity (Wildman–Crippen MR) is 77.7 cm³/mol. The van der Waals surface area contributed by atoms with Crippen molar-refractivity contribution in [3.8, 4) is 11.5 Å². The molecule has 110 valence electrons. The van der Waals surface area contributed by atoms with E-state index in [0.717, 1.165) is 16.4 Å². The van der Waals surface area contributed by atoms with Crippen molar-refractivity contribution in [1.29, 1.82) is 0 Å². The maximum atomic E-state index is 12.1. The molecule has 20 heavy (non-hydrogen) atoms. The molecule has 1 aromatic carbocycles. The molecule has 1 aromatic rings. The Hall–Kier alpha value is -1.40. The predicted octanol–water partition coefficient (Wildman–Crippen LogP) is 1.65. The number of benzene rings is 1. The van der Waals surface area contributed by atoms with Gasteiger partial charge in [-0.2, -0.15) is 0 Å². The minimum atomic E-state index is 0.117. The molecule has 1 aliphatic rings. The summed E-state index contributed by atoms with van der Waals surface area (Å²) in [7, 11) is 3.23. The number of morpholine rings is 1. The highest BCUT2D eigenvalue weighted by atomic mass is 32.2. The summed E-state index contributed by atoms with van der Waals surface area (Å²) >= 11 is 1.44. The van der Waals surface area contributed by atoms with Crippen LogP contribution in [0.25, 0.3) is 0 Å². The molecule has 2 rings (SSSR count). The van der Waals surface area contributed by atoms with Crippen LogP contribution in [0.5, 0.6) is 11.5 Å². The topological polar surface area (TPSA) is 48.0 Å². The normalized spacial score (nSPS) is 15.0. The summed E-state index contributed by atoms with van der Waals surface area (Å²) in [5.74, 6) is 1.94. The number of methoxy groups -OCH3 is 2. The van der Waals surface area contributed by atoms with Gasteiger partial charge in [0.1, 0.15) is 11.5 Å². The molecule has 0 aromatic heterocycles. The molecular formula is C14H19NO4S. The van der Waals surface area contributed by atoms with Crippen molar-refractivity contribution < 1.29 is 19.0 Å². The quantitative estimate of drug-likeness (QED) is 0.774. The molecule has 0 aliphatic carbocycles. The van der Waals surface area contributed by atoms with E-state index in [-0.39, 0.29) is 5.91 Å². The summed E-state index contributed by atoms with van der Waals surface area (Å²) in [6.07, 6.45) is 0. The van der Waals surface area contributed by atoms with Gasteiger partial charge >= 0.3 is 0 Å². The van der Waals surface area contributed by atoms with Crippen molar-refractivity contribution in [2.24, 2.45) is 0 Å². The van der Waals surface area contributed by atoms with E-state index in [9.17, 15) is 4.79 Å². The summed E-state index contributed by atoms with van der Waals surface area (Å²) in [5, 5.41) is 0. The first-order chi connectivity index (χ1) is 9.76. The third-order valence-corrected chi connectivity index (χ3v) is 4.17. The van der Waals surface area contributed by atoms with Gasteiger partial charge < -0.3 is 19.1 Å². The average molecular weight is 297 g/mol. The van der Waals surface area contributed by atoms with E-state index in [0.29, 0.717) is 32.1 Å². The van der Waals surface area contributed by atoms with E-state index in [1.54, 1.807) is 14.2 Å². The van der Waals surface area contributed by atoms with E-state index < -0.39 is 0 Å². The van der Waals surface area contributed by atoms with Gasteiger partial charge in [-0.3, -0.25) is 4.79 Å². The van der Waals surface area contributed by atoms with Crippen LogP contribution >= 0.6 is 11.8 Å². The van der Waals surface area contributed by atoms with Crippen molar-refractivity contribution in [2.45, 2.75) is 4.90 Å². The van der Waals surface area contributed by atoms with E-state index >= 15 is 0 Å². The van der Waals surface area contributed by atoms with Crippen LogP contribution in [0.2, 0.25) is 0 Å². The number of amides is 1. The Morgan fingerprint density at radius 1 is 1.25 bits per heavy atom. The van der Waals surface area contributed by atoms with Gasteiger partial charge in [-0.25, -0.2) is 0 Å². The lowest BCUT2D eigenvalue weighted by atomic mass is 10.3. The molecule has 1 saturated heterocycles. The Balaban J connectivity index is 2.00. The molecule has 5 nitrogen and oxygen atoms in total. The van der Waals surface area contributed by atoms with Crippen molar-refractivity contribution >= 4 is 17.7 Å². The minimum Gasteiger partial charge on any atom is -0.495 e. The molecule has 1 fully saturated rings. The Morgan fingerprint density at radius 2 is 1.85 bits per heavy atom. The van der Waals surface area contributed by atoms with Crippen LogP contribution in [0.4, 0.5) is 0 Å². The number of rotatable bonds is 5. The molecule has 1 amide bonds. The third-order valence-electron chi connectivity index (χ3n) is 3.09. The number of carbonyl (C=O) groups is 1. The lowest BCUT2D eigenvalue weighted by Gasteiger charge is -2.26. The van der Waals surface area contributed by atoms with Gasteiger partial charge in [0.25, 0.3) is 0 Å².